The first-order valence-corrected chi connectivity index (χ1v) is 4.83. The number of hydrogen-bond donors (Lipinski definition) is 2. The van der Waals surface area contributed by atoms with Crippen molar-refractivity contribution < 1.29 is 19.8 Å². The van der Waals surface area contributed by atoms with Gasteiger partial charge in [-0.15, -0.1) is 11.3 Å². The van der Waals surface area contributed by atoms with Crippen LogP contribution in [0.4, 0.5) is 0 Å². The van der Waals surface area contributed by atoms with E-state index in [-0.39, 0.29) is 0 Å². The number of carbonyl (C=O) groups is 2. The van der Waals surface area contributed by atoms with Crippen LogP contribution in [0.5, 0.6) is 0 Å². The summed E-state index contributed by atoms with van der Waals surface area (Å²) in [4.78, 5) is 22.3. The van der Waals surface area contributed by atoms with E-state index in [0.717, 1.165) is 10.4 Å². The number of hydrogen-bond acceptors (Lipinski definition) is 3. The zero-order valence-electron chi connectivity index (χ0n) is 7.77. The second-order valence-electron chi connectivity index (χ2n) is 3.00. The monoisotopic (exact) mass is 214 g/mol. The van der Waals surface area contributed by atoms with Crippen molar-refractivity contribution in [2.45, 2.75) is 19.8 Å². The molecule has 0 aliphatic carbocycles. The van der Waals surface area contributed by atoms with E-state index in [1.165, 1.54) is 11.3 Å². The third-order valence-corrected chi connectivity index (χ3v) is 3.04. The summed E-state index contributed by atoms with van der Waals surface area (Å²) >= 11 is 1.37. The van der Waals surface area contributed by atoms with Crippen LogP contribution in [-0.2, 0) is 9.59 Å². The summed E-state index contributed by atoms with van der Waals surface area (Å²) in [5.74, 6) is -4.08. The van der Waals surface area contributed by atoms with Gasteiger partial charge in [0.05, 0.1) is 0 Å². The molecular weight excluding hydrogens is 204 g/mol. The van der Waals surface area contributed by atoms with Crippen LogP contribution in [0.25, 0.3) is 0 Å². The van der Waals surface area contributed by atoms with E-state index in [9.17, 15) is 9.59 Å². The van der Waals surface area contributed by atoms with Crippen molar-refractivity contribution in [2.75, 3.05) is 0 Å². The molecule has 1 aromatic rings. The average molecular weight is 214 g/mol. The Morgan fingerprint density at radius 1 is 1.29 bits per heavy atom. The second-order valence-corrected chi connectivity index (χ2v) is 4.08. The zero-order chi connectivity index (χ0) is 10.9. The molecule has 5 heteroatoms. The van der Waals surface area contributed by atoms with Crippen molar-refractivity contribution in [3.63, 3.8) is 0 Å². The number of carboxylic acids is 2. The molecule has 14 heavy (non-hydrogen) atoms. The zero-order valence-corrected chi connectivity index (χ0v) is 8.59. The van der Waals surface area contributed by atoms with Crippen molar-refractivity contribution in [1.82, 2.24) is 0 Å². The third-order valence-electron chi connectivity index (χ3n) is 2.00. The van der Waals surface area contributed by atoms with Crippen LogP contribution in [0.2, 0.25) is 0 Å². The van der Waals surface area contributed by atoms with E-state index < -0.39 is 17.9 Å². The van der Waals surface area contributed by atoms with Crippen molar-refractivity contribution in [1.29, 1.82) is 0 Å². The molecule has 0 saturated heterocycles. The van der Waals surface area contributed by atoms with E-state index in [2.05, 4.69) is 0 Å². The highest BCUT2D eigenvalue weighted by atomic mass is 32.1. The molecule has 0 atom stereocenters. The van der Waals surface area contributed by atoms with E-state index in [0.29, 0.717) is 5.56 Å². The first-order chi connectivity index (χ1) is 6.45. The fourth-order valence-electron chi connectivity index (χ4n) is 1.36. The van der Waals surface area contributed by atoms with Gasteiger partial charge in [-0.2, -0.15) is 0 Å². The van der Waals surface area contributed by atoms with Crippen LogP contribution in [-0.4, -0.2) is 22.2 Å². The molecule has 0 fully saturated rings. The molecule has 0 aliphatic heterocycles. The molecule has 1 heterocycles. The predicted molar refractivity (Wildman–Crippen MR) is 51.8 cm³/mol. The van der Waals surface area contributed by atoms with Gasteiger partial charge in [-0.05, 0) is 30.4 Å². The average Bonchev–Trinajstić information content (AvgIpc) is 2.34. The van der Waals surface area contributed by atoms with Crippen LogP contribution in [0.1, 0.15) is 21.9 Å². The quantitative estimate of drug-likeness (QED) is 0.750. The maximum atomic E-state index is 10.8. The van der Waals surface area contributed by atoms with Gasteiger partial charge in [0.15, 0.2) is 5.92 Å². The SMILES string of the molecule is Cc1csc(C)c1C(C(=O)O)C(=O)O. The maximum absolute atomic E-state index is 10.8. The Kier molecular flexibility index (Phi) is 2.90. The van der Waals surface area contributed by atoms with Gasteiger partial charge in [-0.3, -0.25) is 9.59 Å². The third kappa shape index (κ3) is 1.77. The highest BCUT2D eigenvalue weighted by Crippen LogP contribution is 2.29. The first-order valence-electron chi connectivity index (χ1n) is 3.95. The fourth-order valence-corrected chi connectivity index (χ4v) is 2.25. The summed E-state index contributed by atoms with van der Waals surface area (Å²) in [7, 11) is 0. The minimum atomic E-state index is -1.44. The van der Waals surface area contributed by atoms with Gasteiger partial charge >= 0.3 is 11.9 Å². The van der Waals surface area contributed by atoms with Crippen LogP contribution >= 0.6 is 11.3 Å². The van der Waals surface area contributed by atoms with Crippen molar-refractivity contribution in [3.8, 4) is 0 Å². The molecule has 1 aromatic heterocycles. The summed E-state index contributed by atoms with van der Waals surface area (Å²) in [5.41, 5.74) is 1.14. The molecule has 0 radical (unpaired) electrons. The highest BCUT2D eigenvalue weighted by Gasteiger charge is 2.31. The van der Waals surface area contributed by atoms with Gasteiger partial charge in [-0.1, -0.05) is 0 Å². The summed E-state index contributed by atoms with van der Waals surface area (Å²) in [6.45, 7) is 3.45. The lowest BCUT2D eigenvalue weighted by molar-refractivity contribution is -0.150. The molecule has 4 nitrogen and oxygen atoms in total. The molecule has 0 bridgehead atoms. The lowest BCUT2D eigenvalue weighted by Gasteiger charge is -2.08. The van der Waals surface area contributed by atoms with Crippen LogP contribution in [0, 0.1) is 13.8 Å². The largest absolute Gasteiger partial charge is 0.480 e. The summed E-state index contributed by atoms with van der Waals surface area (Å²) in [5, 5.41) is 19.3. The van der Waals surface area contributed by atoms with Crippen molar-refractivity contribution in [3.05, 3.63) is 21.4 Å². The van der Waals surface area contributed by atoms with E-state index >= 15 is 0 Å². The van der Waals surface area contributed by atoms with Crippen molar-refractivity contribution in [2.24, 2.45) is 0 Å². The summed E-state index contributed by atoms with van der Waals surface area (Å²) < 4.78 is 0. The Bertz CT molecular complexity index is 347. The minimum Gasteiger partial charge on any atom is -0.480 e. The molecular formula is C9H10O4S. The summed E-state index contributed by atoms with van der Waals surface area (Å²) in [6, 6.07) is 0. The maximum Gasteiger partial charge on any atom is 0.322 e. The van der Waals surface area contributed by atoms with E-state index in [4.69, 9.17) is 10.2 Å². The predicted octanol–water partition coefficient (Wildman–Crippen LogP) is 1.62. The van der Waals surface area contributed by atoms with Crippen LogP contribution < -0.4 is 0 Å². The number of rotatable bonds is 3. The molecule has 0 amide bonds. The van der Waals surface area contributed by atoms with Gasteiger partial charge in [0.25, 0.3) is 0 Å². The van der Waals surface area contributed by atoms with Gasteiger partial charge < -0.3 is 10.2 Å². The molecule has 0 spiro atoms. The summed E-state index contributed by atoms with van der Waals surface area (Å²) in [6.07, 6.45) is 0. The second kappa shape index (κ2) is 3.79. The number of thiophene rings is 1. The Morgan fingerprint density at radius 3 is 2.07 bits per heavy atom. The fraction of sp³-hybridized carbons (Fsp3) is 0.333. The smallest absolute Gasteiger partial charge is 0.322 e. The Hall–Kier alpha value is -1.36. The lowest BCUT2D eigenvalue weighted by Crippen LogP contribution is -2.21. The Balaban J connectivity index is 3.24. The number of aliphatic carboxylic acids is 2. The van der Waals surface area contributed by atoms with E-state index in [1.54, 1.807) is 19.2 Å². The van der Waals surface area contributed by atoms with Gasteiger partial charge in [0.2, 0.25) is 0 Å². The standard InChI is InChI=1S/C9H10O4S/c1-4-3-14-5(2)6(4)7(8(10)11)9(12)13/h3,7H,1-2H3,(H,10,11)(H,12,13). The number of carboxylic acid groups (broad SMARTS) is 2. The molecule has 0 unspecified atom stereocenters. The molecule has 0 aromatic carbocycles. The molecule has 0 aliphatic rings. The van der Waals surface area contributed by atoms with Crippen LogP contribution in [0.3, 0.4) is 0 Å². The highest BCUT2D eigenvalue weighted by molar-refractivity contribution is 7.10. The topological polar surface area (TPSA) is 74.6 Å². The minimum absolute atomic E-state index is 0.412. The lowest BCUT2D eigenvalue weighted by atomic mass is 9.97. The molecule has 2 N–H and O–H groups in total. The van der Waals surface area contributed by atoms with Crippen LogP contribution in [0.15, 0.2) is 5.38 Å². The Labute approximate surface area is 84.8 Å². The van der Waals surface area contributed by atoms with Crippen molar-refractivity contribution >= 4 is 23.3 Å². The molecule has 0 saturated carbocycles. The van der Waals surface area contributed by atoms with Gasteiger partial charge in [0, 0.05) is 4.88 Å². The van der Waals surface area contributed by atoms with E-state index in [1.807, 2.05) is 0 Å². The van der Waals surface area contributed by atoms with Gasteiger partial charge in [-0.25, -0.2) is 0 Å². The number of aryl methyl sites for hydroxylation is 2. The van der Waals surface area contributed by atoms with Gasteiger partial charge in [0.1, 0.15) is 0 Å². The Morgan fingerprint density at radius 2 is 1.79 bits per heavy atom. The normalized spacial score (nSPS) is 10.5. The first kappa shape index (κ1) is 10.7. The molecule has 1 rings (SSSR count). The molecule has 76 valence electrons.